The van der Waals surface area contributed by atoms with Crippen molar-refractivity contribution in [2.24, 2.45) is 23.7 Å². The van der Waals surface area contributed by atoms with Gasteiger partial charge in [0.15, 0.2) is 0 Å². The van der Waals surface area contributed by atoms with Crippen molar-refractivity contribution in [3.05, 3.63) is 11.1 Å². The van der Waals surface area contributed by atoms with Gasteiger partial charge in [0.25, 0.3) is 0 Å². The van der Waals surface area contributed by atoms with Gasteiger partial charge in [-0.05, 0) is 42.9 Å². The van der Waals surface area contributed by atoms with E-state index in [-0.39, 0.29) is 0 Å². The minimum Gasteiger partial charge on any atom is -0.0679 e. The second-order valence-corrected chi connectivity index (χ2v) is 6.03. The summed E-state index contributed by atoms with van der Waals surface area (Å²) in [5.74, 6) is 3.17. The molecule has 0 heterocycles. The van der Waals surface area contributed by atoms with Crippen LogP contribution in [0.1, 0.15) is 60.8 Å². The molecule has 0 aliphatic heterocycles. The second-order valence-electron chi connectivity index (χ2n) is 6.03. The molecule has 0 amide bonds. The summed E-state index contributed by atoms with van der Waals surface area (Å²) in [6, 6.07) is 0. The lowest BCUT2D eigenvalue weighted by Crippen LogP contribution is -2.22. The predicted octanol–water partition coefficient (Wildman–Crippen LogP) is 5.05. The third-order valence-corrected chi connectivity index (χ3v) is 3.86. The molecule has 15 heavy (non-hydrogen) atoms. The first kappa shape index (κ1) is 12.8. The van der Waals surface area contributed by atoms with Gasteiger partial charge in [-0.2, -0.15) is 0 Å². The molecule has 0 N–H and O–H groups in total. The van der Waals surface area contributed by atoms with E-state index in [0.29, 0.717) is 0 Å². The number of allylic oxidation sites excluding steroid dienone is 2. The van der Waals surface area contributed by atoms with Crippen molar-refractivity contribution >= 4 is 0 Å². The zero-order valence-electron chi connectivity index (χ0n) is 11.4. The summed E-state index contributed by atoms with van der Waals surface area (Å²) in [6.45, 7) is 14.2. The van der Waals surface area contributed by atoms with Crippen LogP contribution in [0.25, 0.3) is 0 Å². The van der Waals surface area contributed by atoms with Crippen LogP contribution in [0.3, 0.4) is 0 Å². The quantitative estimate of drug-likeness (QED) is 0.569. The highest BCUT2D eigenvalue weighted by atomic mass is 14.3. The fraction of sp³-hybridized carbons (Fsp3) is 0.867. The maximum Gasteiger partial charge on any atom is -0.0175 e. The smallest absolute Gasteiger partial charge is 0.0175 e. The third kappa shape index (κ3) is 2.86. The standard InChI is InChI=1S/C15H28/c1-10(2)13-8-7-9-14(11(3)4)15(13)12(5)6/h10-13H,7-9H2,1-6H3. The van der Waals surface area contributed by atoms with E-state index in [1.165, 1.54) is 19.3 Å². The lowest BCUT2D eigenvalue weighted by Gasteiger charge is -2.35. The normalized spacial score (nSPS) is 23.4. The fourth-order valence-corrected chi connectivity index (χ4v) is 3.16. The Kier molecular flexibility index (Phi) is 4.43. The molecule has 0 aromatic rings. The van der Waals surface area contributed by atoms with E-state index < -0.39 is 0 Å². The molecule has 0 fully saturated rings. The lowest BCUT2D eigenvalue weighted by atomic mass is 9.70. The molecule has 0 spiro atoms. The highest BCUT2D eigenvalue weighted by Gasteiger charge is 2.27. The van der Waals surface area contributed by atoms with Gasteiger partial charge in [0.1, 0.15) is 0 Å². The van der Waals surface area contributed by atoms with Gasteiger partial charge in [0, 0.05) is 0 Å². The van der Waals surface area contributed by atoms with E-state index in [1.807, 2.05) is 0 Å². The largest absolute Gasteiger partial charge is 0.0679 e. The molecule has 0 saturated carbocycles. The predicted molar refractivity (Wildman–Crippen MR) is 68.9 cm³/mol. The molecular formula is C15H28. The molecule has 88 valence electrons. The monoisotopic (exact) mass is 208 g/mol. The molecule has 0 radical (unpaired) electrons. The number of hydrogen-bond donors (Lipinski definition) is 0. The Bertz CT molecular complexity index is 230. The molecule has 1 rings (SSSR count). The summed E-state index contributed by atoms with van der Waals surface area (Å²) in [5, 5.41) is 0. The topological polar surface area (TPSA) is 0 Å². The van der Waals surface area contributed by atoms with E-state index in [9.17, 15) is 0 Å². The number of rotatable bonds is 3. The highest BCUT2D eigenvalue weighted by molar-refractivity contribution is 5.23. The average Bonchev–Trinajstić information content (AvgIpc) is 2.16. The lowest BCUT2D eigenvalue weighted by molar-refractivity contribution is 0.345. The van der Waals surface area contributed by atoms with Crippen molar-refractivity contribution in [1.82, 2.24) is 0 Å². The van der Waals surface area contributed by atoms with Crippen LogP contribution in [0.15, 0.2) is 11.1 Å². The van der Waals surface area contributed by atoms with Crippen LogP contribution in [0.2, 0.25) is 0 Å². The Labute approximate surface area is 96.2 Å². The first-order valence-electron chi connectivity index (χ1n) is 6.68. The second kappa shape index (κ2) is 5.18. The Morgan fingerprint density at radius 3 is 1.93 bits per heavy atom. The van der Waals surface area contributed by atoms with Crippen LogP contribution in [0.4, 0.5) is 0 Å². The fourth-order valence-electron chi connectivity index (χ4n) is 3.16. The summed E-state index contributed by atoms with van der Waals surface area (Å²) in [5.41, 5.74) is 3.57. The Balaban J connectivity index is 3.06. The van der Waals surface area contributed by atoms with E-state index in [2.05, 4.69) is 41.5 Å². The first-order chi connectivity index (χ1) is 6.95. The number of hydrogen-bond acceptors (Lipinski definition) is 0. The van der Waals surface area contributed by atoms with Crippen molar-refractivity contribution in [3.63, 3.8) is 0 Å². The van der Waals surface area contributed by atoms with Gasteiger partial charge in [-0.15, -0.1) is 0 Å². The van der Waals surface area contributed by atoms with Crippen LogP contribution in [0.5, 0.6) is 0 Å². The van der Waals surface area contributed by atoms with Crippen molar-refractivity contribution in [2.45, 2.75) is 60.8 Å². The van der Waals surface area contributed by atoms with Gasteiger partial charge in [-0.1, -0.05) is 52.7 Å². The van der Waals surface area contributed by atoms with Crippen molar-refractivity contribution in [3.8, 4) is 0 Å². The van der Waals surface area contributed by atoms with Crippen LogP contribution < -0.4 is 0 Å². The van der Waals surface area contributed by atoms with Gasteiger partial charge in [-0.3, -0.25) is 0 Å². The molecule has 1 atom stereocenters. The zero-order valence-corrected chi connectivity index (χ0v) is 11.4. The molecular weight excluding hydrogens is 180 g/mol. The van der Waals surface area contributed by atoms with E-state index in [0.717, 1.165) is 23.7 Å². The third-order valence-electron chi connectivity index (χ3n) is 3.86. The summed E-state index contributed by atoms with van der Waals surface area (Å²) >= 11 is 0. The van der Waals surface area contributed by atoms with Gasteiger partial charge in [0.2, 0.25) is 0 Å². The molecule has 0 saturated heterocycles. The van der Waals surface area contributed by atoms with Gasteiger partial charge in [-0.25, -0.2) is 0 Å². The molecule has 0 aromatic carbocycles. The van der Waals surface area contributed by atoms with Crippen LogP contribution in [-0.4, -0.2) is 0 Å². The molecule has 0 heteroatoms. The van der Waals surface area contributed by atoms with E-state index in [1.54, 1.807) is 11.1 Å². The van der Waals surface area contributed by atoms with Gasteiger partial charge >= 0.3 is 0 Å². The summed E-state index contributed by atoms with van der Waals surface area (Å²) in [7, 11) is 0. The molecule has 0 nitrogen and oxygen atoms in total. The first-order valence-corrected chi connectivity index (χ1v) is 6.68. The zero-order chi connectivity index (χ0) is 11.6. The Hall–Kier alpha value is -0.260. The highest BCUT2D eigenvalue weighted by Crippen LogP contribution is 2.41. The minimum absolute atomic E-state index is 0.745. The molecule has 1 unspecified atom stereocenters. The van der Waals surface area contributed by atoms with Crippen molar-refractivity contribution in [2.75, 3.05) is 0 Å². The maximum absolute atomic E-state index is 2.39. The van der Waals surface area contributed by atoms with Gasteiger partial charge in [0.05, 0.1) is 0 Å². The maximum atomic E-state index is 2.39. The molecule has 1 aliphatic rings. The van der Waals surface area contributed by atoms with Gasteiger partial charge < -0.3 is 0 Å². The van der Waals surface area contributed by atoms with Crippen molar-refractivity contribution in [1.29, 1.82) is 0 Å². The molecule has 0 bridgehead atoms. The van der Waals surface area contributed by atoms with E-state index in [4.69, 9.17) is 0 Å². The van der Waals surface area contributed by atoms with Crippen LogP contribution >= 0.6 is 0 Å². The molecule has 0 aromatic heterocycles. The van der Waals surface area contributed by atoms with Crippen LogP contribution in [-0.2, 0) is 0 Å². The summed E-state index contributed by atoms with van der Waals surface area (Å²) in [4.78, 5) is 0. The molecule has 1 aliphatic carbocycles. The van der Waals surface area contributed by atoms with Crippen LogP contribution in [0, 0.1) is 23.7 Å². The van der Waals surface area contributed by atoms with E-state index >= 15 is 0 Å². The SMILES string of the molecule is CC(C)C1=C(C(C)C)C(C(C)C)CCC1. The summed E-state index contributed by atoms with van der Waals surface area (Å²) in [6.07, 6.45) is 4.18. The van der Waals surface area contributed by atoms with Crippen molar-refractivity contribution < 1.29 is 0 Å². The average molecular weight is 208 g/mol. The minimum atomic E-state index is 0.745. The Morgan fingerprint density at radius 1 is 0.933 bits per heavy atom. The Morgan fingerprint density at radius 2 is 1.53 bits per heavy atom. The summed E-state index contributed by atoms with van der Waals surface area (Å²) < 4.78 is 0.